The van der Waals surface area contributed by atoms with Crippen LogP contribution in [-0.2, 0) is 0 Å². The second-order valence-electron chi connectivity index (χ2n) is 3.31. The smallest absolute Gasteiger partial charge is 0.335 e. The van der Waals surface area contributed by atoms with Crippen LogP contribution in [0.15, 0.2) is 35.7 Å². The first-order valence-corrected chi connectivity index (χ1v) is 5.44. The minimum absolute atomic E-state index is 0.376. The van der Waals surface area contributed by atoms with Crippen LogP contribution in [0, 0.1) is 6.92 Å². The molecule has 2 aromatic rings. The monoisotopic (exact) mass is 218 g/mol. The molecule has 1 N–H and O–H groups in total. The number of aryl methyl sites for hydroxylation is 1. The molecular formula is C12H10O2S. The average Bonchev–Trinajstić information content (AvgIpc) is 2.71. The van der Waals surface area contributed by atoms with Crippen molar-refractivity contribution in [2.45, 2.75) is 6.92 Å². The predicted molar refractivity (Wildman–Crippen MR) is 61.5 cm³/mol. The third-order valence-corrected chi connectivity index (χ3v) is 3.19. The first-order chi connectivity index (χ1) is 7.18. The molecule has 0 aliphatic rings. The molecule has 76 valence electrons. The molecule has 0 spiro atoms. The van der Waals surface area contributed by atoms with Gasteiger partial charge in [0.2, 0.25) is 0 Å². The van der Waals surface area contributed by atoms with Crippen LogP contribution in [0.2, 0.25) is 0 Å². The third-order valence-electron chi connectivity index (χ3n) is 2.27. The van der Waals surface area contributed by atoms with E-state index in [1.54, 1.807) is 17.4 Å². The van der Waals surface area contributed by atoms with Crippen molar-refractivity contribution in [3.8, 4) is 10.4 Å². The van der Waals surface area contributed by atoms with E-state index in [1.807, 2.05) is 36.6 Å². The van der Waals surface area contributed by atoms with E-state index in [2.05, 4.69) is 0 Å². The average molecular weight is 218 g/mol. The summed E-state index contributed by atoms with van der Waals surface area (Å²) >= 11 is 1.61. The Labute approximate surface area is 91.8 Å². The second kappa shape index (κ2) is 3.87. The molecule has 2 nitrogen and oxygen atoms in total. The van der Waals surface area contributed by atoms with E-state index in [-0.39, 0.29) is 0 Å². The van der Waals surface area contributed by atoms with E-state index in [0.717, 1.165) is 16.0 Å². The first-order valence-electron chi connectivity index (χ1n) is 4.56. The molecule has 1 aromatic heterocycles. The zero-order valence-corrected chi connectivity index (χ0v) is 9.04. The highest BCUT2D eigenvalue weighted by Gasteiger charge is 2.08. The van der Waals surface area contributed by atoms with Gasteiger partial charge < -0.3 is 5.11 Å². The number of carboxylic acids is 1. The molecule has 0 aliphatic heterocycles. The van der Waals surface area contributed by atoms with Crippen LogP contribution in [0.3, 0.4) is 0 Å². The van der Waals surface area contributed by atoms with Crippen molar-refractivity contribution in [2.75, 3.05) is 0 Å². The van der Waals surface area contributed by atoms with E-state index in [0.29, 0.717) is 5.56 Å². The number of aromatic carboxylic acids is 1. The number of hydrogen-bond donors (Lipinski definition) is 1. The van der Waals surface area contributed by atoms with Crippen molar-refractivity contribution in [2.24, 2.45) is 0 Å². The number of hydrogen-bond acceptors (Lipinski definition) is 2. The SMILES string of the molecule is Cc1ccc(-c2cccs2)cc1C(=O)O. The molecular weight excluding hydrogens is 208 g/mol. The van der Waals surface area contributed by atoms with Gasteiger partial charge in [-0.05, 0) is 35.6 Å². The van der Waals surface area contributed by atoms with Crippen molar-refractivity contribution in [3.63, 3.8) is 0 Å². The molecule has 0 atom stereocenters. The van der Waals surface area contributed by atoms with E-state index < -0.39 is 5.97 Å². The molecule has 0 bridgehead atoms. The van der Waals surface area contributed by atoms with E-state index in [9.17, 15) is 4.79 Å². The maximum absolute atomic E-state index is 10.9. The van der Waals surface area contributed by atoms with E-state index in [4.69, 9.17) is 5.11 Å². The number of benzene rings is 1. The number of carboxylic acid groups (broad SMARTS) is 1. The molecule has 0 fully saturated rings. The third kappa shape index (κ3) is 1.92. The lowest BCUT2D eigenvalue weighted by molar-refractivity contribution is 0.0696. The zero-order valence-electron chi connectivity index (χ0n) is 8.23. The van der Waals surface area contributed by atoms with Crippen LogP contribution in [0.25, 0.3) is 10.4 Å². The van der Waals surface area contributed by atoms with Gasteiger partial charge in [0.25, 0.3) is 0 Å². The Bertz CT molecular complexity index is 486. The minimum atomic E-state index is -0.870. The van der Waals surface area contributed by atoms with Crippen LogP contribution in [0.4, 0.5) is 0 Å². The van der Waals surface area contributed by atoms with Crippen molar-refractivity contribution < 1.29 is 9.90 Å². The maximum Gasteiger partial charge on any atom is 0.335 e. The highest BCUT2D eigenvalue weighted by Crippen LogP contribution is 2.26. The topological polar surface area (TPSA) is 37.3 Å². The molecule has 0 radical (unpaired) electrons. The van der Waals surface area contributed by atoms with Crippen molar-refractivity contribution in [3.05, 3.63) is 46.8 Å². The molecule has 0 unspecified atom stereocenters. The Morgan fingerprint density at radius 3 is 2.73 bits per heavy atom. The second-order valence-corrected chi connectivity index (χ2v) is 4.26. The normalized spacial score (nSPS) is 10.2. The Morgan fingerprint density at radius 2 is 2.13 bits per heavy atom. The summed E-state index contributed by atoms with van der Waals surface area (Å²) in [7, 11) is 0. The fraction of sp³-hybridized carbons (Fsp3) is 0.0833. The van der Waals surface area contributed by atoms with E-state index in [1.165, 1.54) is 0 Å². The first kappa shape index (κ1) is 9.93. The summed E-state index contributed by atoms with van der Waals surface area (Å²) in [5.74, 6) is -0.870. The summed E-state index contributed by atoms with van der Waals surface area (Å²) < 4.78 is 0. The van der Waals surface area contributed by atoms with Gasteiger partial charge in [-0.15, -0.1) is 11.3 Å². The highest BCUT2D eigenvalue weighted by atomic mass is 32.1. The largest absolute Gasteiger partial charge is 0.478 e. The molecule has 0 saturated heterocycles. The summed E-state index contributed by atoms with van der Waals surface area (Å²) in [6.07, 6.45) is 0. The molecule has 0 aliphatic carbocycles. The molecule has 0 saturated carbocycles. The summed E-state index contributed by atoms with van der Waals surface area (Å²) in [6, 6.07) is 9.47. The molecule has 3 heteroatoms. The quantitative estimate of drug-likeness (QED) is 0.838. The van der Waals surface area contributed by atoms with Crippen molar-refractivity contribution in [1.82, 2.24) is 0 Å². The number of rotatable bonds is 2. The Morgan fingerprint density at radius 1 is 1.33 bits per heavy atom. The zero-order chi connectivity index (χ0) is 10.8. The Balaban J connectivity index is 2.52. The molecule has 1 aromatic carbocycles. The van der Waals surface area contributed by atoms with Gasteiger partial charge in [0, 0.05) is 4.88 Å². The van der Waals surface area contributed by atoms with Gasteiger partial charge in [-0.1, -0.05) is 18.2 Å². The van der Waals surface area contributed by atoms with Gasteiger partial charge >= 0.3 is 5.97 Å². The van der Waals surface area contributed by atoms with Crippen LogP contribution in [0.1, 0.15) is 15.9 Å². The summed E-state index contributed by atoms with van der Waals surface area (Å²) in [4.78, 5) is 12.0. The Hall–Kier alpha value is -1.61. The van der Waals surface area contributed by atoms with Gasteiger partial charge in [0.1, 0.15) is 0 Å². The number of carbonyl (C=O) groups is 1. The lowest BCUT2D eigenvalue weighted by atomic mass is 10.0. The minimum Gasteiger partial charge on any atom is -0.478 e. The molecule has 1 heterocycles. The maximum atomic E-state index is 10.9. The molecule has 0 amide bonds. The molecule has 15 heavy (non-hydrogen) atoms. The predicted octanol–water partition coefficient (Wildman–Crippen LogP) is 3.42. The van der Waals surface area contributed by atoms with Gasteiger partial charge in [-0.2, -0.15) is 0 Å². The standard InChI is InChI=1S/C12H10O2S/c1-8-4-5-9(7-10(8)12(13)14)11-3-2-6-15-11/h2-7H,1H3,(H,13,14). The van der Waals surface area contributed by atoms with Gasteiger partial charge in [0.05, 0.1) is 5.56 Å². The van der Waals surface area contributed by atoms with Crippen LogP contribution < -0.4 is 0 Å². The Kier molecular flexibility index (Phi) is 2.56. The fourth-order valence-corrected chi connectivity index (χ4v) is 2.17. The van der Waals surface area contributed by atoms with Crippen LogP contribution in [-0.4, -0.2) is 11.1 Å². The van der Waals surface area contributed by atoms with Gasteiger partial charge in [0.15, 0.2) is 0 Å². The fourth-order valence-electron chi connectivity index (χ4n) is 1.45. The lowest BCUT2D eigenvalue weighted by Gasteiger charge is -2.03. The summed E-state index contributed by atoms with van der Waals surface area (Å²) in [5.41, 5.74) is 2.14. The summed E-state index contributed by atoms with van der Waals surface area (Å²) in [5, 5.41) is 11.0. The van der Waals surface area contributed by atoms with Gasteiger partial charge in [-0.3, -0.25) is 0 Å². The van der Waals surface area contributed by atoms with Crippen LogP contribution in [0.5, 0.6) is 0 Å². The highest BCUT2D eigenvalue weighted by molar-refractivity contribution is 7.13. The molecule has 2 rings (SSSR count). The van der Waals surface area contributed by atoms with Crippen molar-refractivity contribution >= 4 is 17.3 Å². The van der Waals surface area contributed by atoms with Crippen LogP contribution >= 0.6 is 11.3 Å². The van der Waals surface area contributed by atoms with E-state index >= 15 is 0 Å². The van der Waals surface area contributed by atoms with Crippen molar-refractivity contribution in [1.29, 1.82) is 0 Å². The number of thiophene rings is 1. The lowest BCUT2D eigenvalue weighted by Crippen LogP contribution is -1.99. The summed E-state index contributed by atoms with van der Waals surface area (Å²) in [6.45, 7) is 1.81. The van der Waals surface area contributed by atoms with Gasteiger partial charge in [-0.25, -0.2) is 4.79 Å².